The summed E-state index contributed by atoms with van der Waals surface area (Å²) in [4.78, 5) is 0. The molecule has 0 spiro atoms. The molecule has 126 valence electrons. The van der Waals surface area contributed by atoms with Gasteiger partial charge in [0.05, 0.1) is 7.92 Å². The van der Waals surface area contributed by atoms with E-state index < -0.39 is 7.92 Å². The van der Waals surface area contributed by atoms with Crippen molar-refractivity contribution < 1.29 is 8.96 Å². The predicted molar refractivity (Wildman–Crippen MR) is 107 cm³/mol. The van der Waals surface area contributed by atoms with Gasteiger partial charge in [-0.1, -0.05) is 78.9 Å². The fourth-order valence-electron chi connectivity index (χ4n) is 3.01. The van der Waals surface area contributed by atoms with Crippen molar-refractivity contribution in [1.29, 1.82) is 0 Å². The molecular weight excluding hydrogens is 340 g/mol. The summed E-state index contributed by atoms with van der Waals surface area (Å²) in [7, 11) is -0.806. The molecule has 0 aliphatic rings. The number of nitrogens with zero attached hydrogens (tertiary/aromatic N) is 1. The maximum atomic E-state index is 14.1. The zero-order valence-electron chi connectivity index (χ0n) is 14.2. The maximum Gasteiger partial charge on any atom is 0.216 e. The first kappa shape index (κ1) is 16.6. The van der Waals surface area contributed by atoms with E-state index in [1.807, 2.05) is 53.1 Å². The van der Waals surface area contributed by atoms with Gasteiger partial charge in [-0.25, -0.2) is 4.39 Å². The van der Waals surface area contributed by atoms with E-state index >= 15 is 0 Å². The minimum absolute atomic E-state index is 0.242. The van der Waals surface area contributed by atoms with E-state index in [-0.39, 0.29) is 5.82 Å². The Morgan fingerprint density at radius 1 is 0.577 bits per heavy atom. The second kappa shape index (κ2) is 7.59. The van der Waals surface area contributed by atoms with E-state index in [0.29, 0.717) is 0 Å². The molecule has 0 aliphatic carbocycles. The molecule has 1 aromatic heterocycles. The van der Waals surface area contributed by atoms with Gasteiger partial charge in [0, 0.05) is 18.2 Å². The van der Waals surface area contributed by atoms with Gasteiger partial charge in [-0.3, -0.25) is 0 Å². The molecule has 26 heavy (non-hydrogen) atoms. The summed E-state index contributed by atoms with van der Waals surface area (Å²) >= 11 is 0. The van der Waals surface area contributed by atoms with Gasteiger partial charge >= 0.3 is 0 Å². The summed E-state index contributed by atoms with van der Waals surface area (Å²) in [6.45, 7) is 0. The fraction of sp³-hybridized carbons (Fsp3) is 0. The van der Waals surface area contributed by atoms with Crippen LogP contribution in [0.2, 0.25) is 0 Å². The van der Waals surface area contributed by atoms with Crippen LogP contribution in [0.1, 0.15) is 0 Å². The van der Waals surface area contributed by atoms with Crippen LogP contribution in [-0.4, -0.2) is 0 Å². The normalized spacial score (nSPS) is 10.8. The van der Waals surface area contributed by atoms with Crippen molar-refractivity contribution in [2.24, 2.45) is 0 Å². The predicted octanol–water partition coefficient (Wildman–Crippen LogP) is 3.86. The largest absolute Gasteiger partial charge is 0.216 e. The van der Waals surface area contributed by atoms with E-state index in [1.54, 1.807) is 12.3 Å². The summed E-state index contributed by atoms with van der Waals surface area (Å²) in [5.41, 5.74) is 2.05. The Morgan fingerprint density at radius 2 is 1.08 bits per heavy atom. The number of aromatic nitrogens is 1. The van der Waals surface area contributed by atoms with Crippen molar-refractivity contribution in [3.63, 3.8) is 0 Å². The van der Waals surface area contributed by atoms with Gasteiger partial charge in [-0.2, -0.15) is 4.57 Å². The van der Waals surface area contributed by atoms with Crippen molar-refractivity contribution in [3.05, 3.63) is 115 Å². The smallest absolute Gasteiger partial charge is 0.200 e. The van der Waals surface area contributed by atoms with Gasteiger partial charge in [0.1, 0.15) is 0 Å². The zero-order chi connectivity index (χ0) is 17.8. The molecule has 0 saturated heterocycles. The third-order valence-electron chi connectivity index (χ3n) is 4.18. The lowest BCUT2D eigenvalue weighted by Crippen LogP contribution is -2.48. The molecular formula is C23H18FNP+. The van der Waals surface area contributed by atoms with Crippen LogP contribution in [0.15, 0.2) is 109 Å². The van der Waals surface area contributed by atoms with Gasteiger partial charge in [0.15, 0.2) is 5.82 Å². The van der Waals surface area contributed by atoms with Crippen molar-refractivity contribution in [1.82, 2.24) is 0 Å². The number of hydrogen-bond donors (Lipinski definition) is 0. The lowest BCUT2D eigenvalue weighted by molar-refractivity contribution is -0.578. The Bertz CT molecular complexity index is 949. The molecule has 0 atom stereocenters. The molecule has 0 saturated carbocycles. The summed E-state index contributed by atoms with van der Waals surface area (Å²) < 4.78 is 16.1. The van der Waals surface area contributed by atoms with Crippen LogP contribution < -0.4 is 20.6 Å². The third kappa shape index (κ3) is 3.42. The van der Waals surface area contributed by atoms with Gasteiger partial charge in [-0.15, -0.1) is 0 Å². The standard InChI is InChI=1S/C23H18FNP/c24-19-16-17-23(25(18-19)20-10-4-1-5-11-20)26(21-12-6-2-7-13-21)22-14-8-3-9-15-22/h1-18H/q+1. The second-order valence-corrected chi connectivity index (χ2v) is 8.08. The van der Waals surface area contributed by atoms with Crippen LogP contribution in [0.25, 0.3) is 5.69 Å². The monoisotopic (exact) mass is 358 g/mol. The molecule has 0 radical (unpaired) electrons. The number of rotatable bonds is 4. The van der Waals surface area contributed by atoms with Gasteiger partial charge in [0.25, 0.3) is 0 Å². The summed E-state index contributed by atoms with van der Waals surface area (Å²) in [5, 5.41) is 2.48. The summed E-state index contributed by atoms with van der Waals surface area (Å²) in [6.07, 6.45) is 1.58. The lowest BCUT2D eigenvalue weighted by atomic mass is 10.3. The van der Waals surface area contributed by atoms with Crippen LogP contribution >= 0.6 is 7.92 Å². The first-order valence-corrected chi connectivity index (χ1v) is 9.84. The maximum absolute atomic E-state index is 14.1. The Balaban J connectivity index is 1.95. The van der Waals surface area contributed by atoms with Crippen molar-refractivity contribution in [3.8, 4) is 5.69 Å². The highest BCUT2D eigenvalue weighted by molar-refractivity contribution is 7.79. The molecule has 0 fully saturated rings. The molecule has 0 amide bonds. The second-order valence-electron chi connectivity index (χ2n) is 5.92. The molecule has 0 unspecified atom stereocenters. The minimum atomic E-state index is -0.806. The average Bonchev–Trinajstić information content (AvgIpc) is 2.71. The average molecular weight is 358 g/mol. The van der Waals surface area contributed by atoms with Crippen molar-refractivity contribution >= 4 is 24.0 Å². The first-order valence-electron chi connectivity index (χ1n) is 8.50. The number of hydrogen-bond acceptors (Lipinski definition) is 0. The molecule has 0 N–H and O–H groups in total. The van der Waals surface area contributed by atoms with Crippen LogP contribution in [0, 0.1) is 5.82 Å². The van der Waals surface area contributed by atoms with E-state index in [9.17, 15) is 4.39 Å². The Labute approximate surface area is 154 Å². The van der Waals surface area contributed by atoms with Gasteiger partial charge in [-0.05, 0) is 16.7 Å². The molecule has 1 nitrogen and oxygen atoms in total. The molecule has 4 aromatic rings. The summed E-state index contributed by atoms with van der Waals surface area (Å²) in [5.74, 6) is -0.242. The molecule has 1 heterocycles. The van der Waals surface area contributed by atoms with E-state index in [2.05, 4.69) is 48.5 Å². The van der Waals surface area contributed by atoms with Gasteiger partial charge in [0.2, 0.25) is 17.3 Å². The molecule has 4 rings (SSSR count). The van der Waals surface area contributed by atoms with E-state index in [0.717, 1.165) is 11.1 Å². The van der Waals surface area contributed by atoms with Crippen LogP contribution in [0.3, 0.4) is 0 Å². The molecule has 3 aromatic carbocycles. The van der Waals surface area contributed by atoms with Crippen LogP contribution in [0.4, 0.5) is 4.39 Å². The number of benzene rings is 3. The first-order chi connectivity index (χ1) is 12.8. The molecule has 0 aliphatic heterocycles. The zero-order valence-corrected chi connectivity index (χ0v) is 15.1. The number of pyridine rings is 1. The number of halogens is 1. The highest BCUT2D eigenvalue weighted by Crippen LogP contribution is 2.31. The molecule has 0 bridgehead atoms. The summed E-state index contributed by atoms with van der Waals surface area (Å²) in [6, 6.07) is 34.3. The quantitative estimate of drug-likeness (QED) is 0.385. The van der Waals surface area contributed by atoms with Crippen LogP contribution in [-0.2, 0) is 0 Å². The minimum Gasteiger partial charge on any atom is -0.200 e. The Kier molecular flexibility index (Phi) is 4.86. The topological polar surface area (TPSA) is 3.88 Å². The lowest BCUT2D eigenvalue weighted by Gasteiger charge is -2.17. The highest BCUT2D eigenvalue weighted by Gasteiger charge is 2.27. The highest BCUT2D eigenvalue weighted by atomic mass is 31.1. The van der Waals surface area contributed by atoms with Crippen molar-refractivity contribution in [2.75, 3.05) is 0 Å². The van der Waals surface area contributed by atoms with E-state index in [4.69, 9.17) is 0 Å². The third-order valence-corrected chi connectivity index (χ3v) is 6.63. The van der Waals surface area contributed by atoms with Gasteiger partial charge < -0.3 is 0 Å². The Morgan fingerprint density at radius 3 is 1.62 bits per heavy atom. The molecule has 3 heteroatoms. The van der Waals surface area contributed by atoms with E-state index in [1.165, 1.54) is 10.6 Å². The fourth-order valence-corrected chi connectivity index (χ4v) is 5.39. The van der Waals surface area contributed by atoms with Crippen LogP contribution in [0.5, 0.6) is 0 Å². The van der Waals surface area contributed by atoms with Crippen molar-refractivity contribution in [2.45, 2.75) is 0 Å². The Hall–Kier alpha value is -2.83. The SMILES string of the molecule is Fc1ccc(P(c2ccccc2)c2ccccc2)[n+](-c2ccccc2)c1. The number of para-hydroxylation sites is 1.